The summed E-state index contributed by atoms with van der Waals surface area (Å²) in [6, 6.07) is 11.9. The van der Waals surface area contributed by atoms with Crippen LogP contribution in [0.2, 0.25) is 0 Å². The van der Waals surface area contributed by atoms with E-state index in [2.05, 4.69) is 14.9 Å². The van der Waals surface area contributed by atoms with Crippen molar-refractivity contribution in [1.29, 1.82) is 0 Å². The van der Waals surface area contributed by atoms with Gasteiger partial charge in [0.25, 0.3) is 0 Å². The normalized spacial score (nSPS) is 10.8. The molecule has 1 aromatic carbocycles. The Kier molecular flexibility index (Phi) is 3.78. The molecule has 0 aliphatic heterocycles. The summed E-state index contributed by atoms with van der Waals surface area (Å²) < 4.78 is 3.17. The van der Waals surface area contributed by atoms with Gasteiger partial charge in [0.05, 0.1) is 10.2 Å². The third kappa shape index (κ3) is 3.05. The first-order chi connectivity index (χ1) is 9.81. The van der Waals surface area contributed by atoms with Gasteiger partial charge >= 0.3 is 0 Å². The second kappa shape index (κ2) is 5.88. The smallest absolute Gasteiger partial charge is 0.226 e. The Hall–Kier alpha value is -2.14. The molecule has 0 atom stereocenters. The average molecular weight is 285 g/mol. The fraction of sp³-hybridized carbons (Fsp3) is 0.200. The molecule has 102 valence electrons. The van der Waals surface area contributed by atoms with Crippen molar-refractivity contribution < 1.29 is 4.79 Å². The molecule has 3 rings (SSSR count). The molecule has 2 aromatic heterocycles. The van der Waals surface area contributed by atoms with E-state index in [0.717, 1.165) is 23.2 Å². The average Bonchev–Trinajstić information content (AvgIpc) is 3.06. The van der Waals surface area contributed by atoms with Gasteiger partial charge in [-0.15, -0.1) is 0 Å². The van der Waals surface area contributed by atoms with Gasteiger partial charge in [0.2, 0.25) is 5.91 Å². The lowest BCUT2D eigenvalue weighted by Gasteiger charge is -2.03. The molecule has 1 N–H and O–H groups in total. The van der Waals surface area contributed by atoms with E-state index in [1.807, 2.05) is 48.8 Å². The van der Waals surface area contributed by atoms with E-state index in [1.165, 1.54) is 11.3 Å². The fourth-order valence-corrected chi connectivity index (χ4v) is 2.93. The highest BCUT2D eigenvalue weighted by Crippen LogP contribution is 2.25. The van der Waals surface area contributed by atoms with Crippen LogP contribution in [0.25, 0.3) is 10.2 Å². The standard InChI is InChI=1S/C15H15N3OS/c19-14(8-5-11-18-9-3-4-10-18)17-15-16-12-6-1-2-7-13(12)20-15/h1-4,6-7,9-10H,5,8,11H2,(H,16,17,19). The SMILES string of the molecule is O=C(CCCn1cccc1)Nc1nc2ccccc2s1. The highest BCUT2D eigenvalue weighted by atomic mass is 32.1. The van der Waals surface area contributed by atoms with E-state index >= 15 is 0 Å². The first-order valence-corrected chi connectivity index (χ1v) is 7.39. The zero-order valence-electron chi connectivity index (χ0n) is 11.0. The molecular formula is C15H15N3OS. The molecule has 0 saturated heterocycles. The Labute approximate surface area is 121 Å². The highest BCUT2D eigenvalue weighted by Gasteiger charge is 2.07. The molecule has 0 saturated carbocycles. The van der Waals surface area contributed by atoms with E-state index < -0.39 is 0 Å². The number of fused-ring (bicyclic) bond motifs is 1. The summed E-state index contributed by atoms with van der Waals surface area (Å²) >= 11 is 1.51. The maximum atomic E-state index is 11.9. The Bertz CT molecular complexity index is 670. The number of aryl methyl sites for hydroxylation is 1. The van der Waals surface area contributed by atoms with Gasteiger partial charge in [0.15, 0.2) is 5.13 Å². The minimum atomic E-state index is 0.0243. The first kappa shape index (κ1) is 12.9. The van der Waals surface area contributed by atoms with Gasteiger partial charge < -0.3 is 9.88 Å². The van der Waals surface area contributed by atoms with Crippen molar-refractivity contribution in [3.63, 3.8) is 0 Å². The Morgan fingerprint density at radius 2 is 2.00 bits per heavy atom. The molecule has 2 heterocycles. The molecule has 3 aromatic rings. The van der Waals surface area contributed by atoms with Crippen molar-refractivity contribution >= 4 is 32.6 Å². The van der Waals surface area contributed by atoms with Crippen LogP contribution < -0.4 is 5.32 Å². The van der Waals surface area contributed by atoms with Gasteiger partial charge in [-0.2, -0.15) is 0 Å². The number of benzene rings is 1. The summed E-state index contributed by atoms with van der Waals surface area (Å²) in [5.74, 6) is 0.0243. The lowest BCUT2D eigenvalue weighted by Crippen LogP contribution is -2.11. The molecule has 0 spiro atoms. The number of nitrogens with one attached hydrogen (secondary N) is 1. The maximum absolute atomic E-state index is 11.9. The number of rotatable bonds is 5. The third-order valence-electron chi connectivity index (χ3n) is 3.03. The van der Waals surface area contributed by atoms with E-state index in [4.69, 9.17) is 0 Å². The topological polar surface area (TPSA) is 46.9 Å². The van der Waals surface area contributed by atoms with Gasteiger partial charge in [-0.1, -0.05) is 23.5 Å². The second-order valence-electron chi connectivity index (χ2n) is 4.56. The predicted octanol–water partition coefficient (Wildman–Crippen LogP) is 3.52. The fourth-order valence-electron chi connectivity index (χ4n) is 2.05. The molecule has 20 heavy (non-hydrogen) atoms. The minimum Gasteiger partial charge on any atom is -0.354 e. The number of carbonyl (C=O) groups excluding carboxylic acids is 1. The number of amides is 1. The summed E-state index contributed by atoms with van der Waals surface area (Å²) in [5, 5.41) is 3.55. The van der Waals surface area contributed by atoms with Gasteiger partial charge in [-0.3, -0.25) is 4.79 Å². The molecule has 0 fully saturated rings. The summed E-state index contributed by atoms with van der Waals surface area (Å²) in [6.45, 7) is 0.861. The number of hydrogen-bond acceptors (Lipinski definition) is 3. The Morgan fingerprint density at radius 3 is 2.80 bits per heavy atom. The van der Waals surface area contributed by atoms with E-state index in [9.17, 15) is 4.79 Å². The molecule has 1 amide bonds. The van der Waals surface area contributed by atoms with Crippen molar-refractivity contribution in [2.45, 2.75) is 19.4 Å². The summed E-state index contributed by atoms with van der Waals surface area (Å²) in [5.41, 5.74) is 0.931. The summed E-state index contributed by atoms with van der Waals surface area (Å²) in [7, 11) is 0. The van der Waals surface area contributed by atoms with Crippen molar-refractivity contribution in [2.24, 2.45) is 0 Å². The van der Waals surface area contributed by atoms with Crippen molar-refractivity contribution in [2.75, 3.05) is 5.32 Å². The molecular weight excluding hydrogens is 270 g/mol. The van der Waals surface area contributed by atoms with Gasteiger partial charge in [0.1, 0.15) is 0 Å². The molecule has 0 unspecified atom stereocenters. The predicted molar refractivity (Wildman–Crippen MR) is 81.9 cm³/mol. The minimum absolute atomic E-state index is 0.0243. The lowest BCUT2D eigenvalue weighted by molar-refractivity contribution is -0.116. The summed E-state index contributed by atoms with van der Waals surface area (Å²) in [4.78, 5) is 16.3. The van der Waals surface area contributed by atoms with Crippen molar-refractivity contribution in [1.82, 2.24) is 9.55 Å². The largest absolute Gasteiger partial charge is 0.354 e. The van der Waals surface area contributed by atoms with Crippen LogP contribution in [0.1, 0.15) is 12.8 Å². The van der Waals surface area contributed by atoms with Gasteiger partial charge in [0, 0.05) is 25.4 Å². The second-order valence-corrected chi connectivity index (χ2v) is 5.59. The first-order valence-electron chi connectivity index (χ1n) is 6.57. The highest BCUT2D eigenvalue weighted by molar-refractivity contribution is 7.22. The number of aromatic nitrogens is 2. The van der Waals surface area contributed by atoms with Crippen LogP contribution in [0.4, 0.5) is 5.13 Å². The van der Waals surface area contributed by atoms with Crippen LogP contribution in [-0.4, -0.2) is 15.5 Å². The van der Waals surface area contributed by atoms with Gasteiger partial charge in [-0.25, -0.2) is 4.98 Å². The van der Waals surface area contributed by atoms with E-state index in [-0.39, 0.29) is 5.91 Å². The third-order valence-corrected chi connectivity index (χ3v) is 3.98. The number of carbonyl (C=O) groups is 1. The number of thiazole rings is 1. The number of nitrogens with zero attached hydrogens (tertiary/aromatic N) is 2. The van der Waals surface area contributed by atoms with Crippen LogP contribution in [0.15, 0.2) is 48.8 Å². The Morgan fingerprint density at radius 1 is 1.20 bits per heavy atom. The zero-order valence-corrected chi connectivity index (χ0v) is 11.8. The Balaban J connectivity index is 1.53. The van der Waals surface area contributed by atoms with Crippen molar-refractivity contribution in [3.05, 3.63) is 48.8 Å². The maximum Gasteiger partial charge on any atom is 0.226 e. The van der Waals surface area contributed by atoms with Crippen LogP contribution in [0.3, 0.4) is 0 Å². The number of anilines is 1. The number of para-hydroxylation sites is 1. The van der Waals surface area contributed by atoms with E-state index in [0.29, 0.717) is 11.6 Å². The van der Waals surface area contributed by atoms with Gasteiger partial charge in [-0.05, 0) is 30.7 Å². The molecule has 0 aliphatic rings. The van der Waals surface area contributed by atoms with Crippen LogP contribution in [-0.2, 0) is 11.3 Å². The molecule has 0 bridgehead atoms. The monoisotopic (exact) mass is 285 g/mol. The zero-order chi connectivity index (χ0) is 13.8. The molecule has 5 heteroatoms. The van der Waals surface area contributed by atoms with Crippen LogP contribution in [0.5, 0.6) is 0 Å². The van der Waals surface area contributed by atoms with Crippen LogP contribution >= 0.6 is 11.3 Å². The lowest BCUT2D eigenvalue weighted by atomic mass is 10.3. The van der Waals surface area contributed by atoms with Crippen molar-refractivity contribution in [3.8, 4) is 0 Å². The van der Waals surface area contributed by atoms with E-state index in [1.54, 1.807) is 0 Å². The van der Waals surface area contributed by atoms with Crippen LogP contribution in [0, 0.1) is 0 Å². The quantitative estimate of drug-likeness (QED) is 0.779. The molecule has 0 aliphatic carbocycles. The number of hydrogen-bond donors (Lipinski definition) is 1. The molecule has 0 radical (unpaired) electrons. The molecule has 4 nitrogen and oxygen atoms in total. The summed E-state index contributed by atoms with van der Waals surface area (Å²) in [6.07, 6.45) is 5.34.